The zero-order valence-corrected chi connectivity index (χ0v) is 15.6. The monoisotopic (exact) mass is 376 g/mol. The number of hydrogen-bond acceptors (Lipinski definition) is 5. The van der Waals surface area contributed by atoms with Crippen LogP contribution in [-0.2, 0) is 6.54 Å². The van der Waals surface area contributed by atoms with Gasteiger partial charge in [-0.2, -0.15) is 5.10 Å². The van der Waals surface area contributed by atoms with Crippen LogP contribution in [0, 0.1) is 5.92 Å². The number of aromatic amines is 2. The lowest BCUT2D eigenvalue weighted by Gasteiger charge is -2.11. The highest BCUT2D eigenvalue weighted by Gasteiger charge is 2.23. The van der Waals surface area contributed by atoms with E-state index in [1.807, 2.05) is 18.3 Å². The van der Waals surface area contributed by atoms with E-state index in [1.54, 1.807) is 0 Å². The molecule has 1 aliphatic rings. The Morgan fingerprint density at radius 1 is 1.18 bits per heavy atom. The van der Waals surface area contributed by atoms with Crippen LogP contribution in [0.3, 0.4) is 0 Å². The van der Waals surface area contributed by atoms with Crippen LogP contribution >= 0.6 is 0 Å². The summed E-state index contributed by atoms with van der Waals surface area (Å²) in [5, 5.41) is 22.0. The summed E-state index contributed by atoms with van der Waals surface area (Å²) in [5.74, 6) is 0.970. The molecule has 7 nitrogen and oxygen atoms in total. The van der Waals surface area contributed by atoms with Crippen molar-refractivity contribution in [1.82, 2.24) is 25.5 Å². The minimum absolute atomic E-state index is 0.291. The molecule has 0 radical (unpaired) electrons. The molecule has 6 N–H and O–H groups in total. The first-order valence-electron chi connectivity index (χ1n) is 9.76. The molecule has 0 amide bonds. The van der Waals surface area contributed by atoms with Gasteiger partial charge in [-0.25, -0.2) is 4.98 Å². The highest BCUT2D eigenvalue weighted by atomic mass is 16.3. The van der Waals surface area contributed by atoms with E-state index in [4.69, 9.17) is 5.73 Å². The van der Waals surface area contributed by atoms with Crippen molar-refractivity contribution < 1.29 is 5.11 Å². The predicted molar refractivity (Wildman–Crippen MR) is 111 cm³/mol. The molecule has 0 aliphatic heterocycles. The van der Waals surface area contributed by atoms with Gasteiger partial charge in [-0.05, 0) is 43.4 Å². The predicted octanol–water partition coefficient (Wildman–Crippen LogP) is 2.94. The third kappa shape index (κ3) is 3.02. The van der Waals surface area contributed by atoms with Gasteiger partial charge >= 0.3 is 0 Å². The Kier molecular flexibility index (Phi) is 4.26. The first-order valence-corrected chi connectivity index (χ1v) is 9.76. The van der Waals surface area contributed by atoms with Crippen LogP contribution in [0.15, 0.2) is 36.5 Å². The fourth-order valence-electron chi connectivity index (χ4n) is 4.31. The number of aromatic nitrogens is 4. The molecular formula is C21H24N6O. The van der Waals surface area contributed by atoms with Gasteiger partial charge in [-0.3, -0.25) is 5.10 Å². The first-order chi connectivity index (χ1) is 13.7. The highest BCUT2D eigenvalue weighted by molar-refractivity contribution is 6.08. The highest BCUT2D eigenvalue weighted by Crippen LogP contribution is 2.31. The van der Waals surface area contributed by atoms with Gasteiger partial charge in [0.1, 0.15) is 5.82 Å². The Bertz CT molecular complexity index is 1120. The van der Waals surface area contributed by atoms with Gasteiger partial charge in [-0.1, -0.05) is 12.1 Å². The number of pyridine rings is 1. The largest absolute Gasteiger partial charge is 0.396 e. The minimum atomic E-state index is 0.291. The molecule has 3 heterocycles. The van der Waals surface area contributed by atoms with Crippen LogP contribution in [-0.4, -0.2) is 37.9 Å². The maximum Gasteiger partial charge on any atom is 0.133 e. The van der Waals surface area contributed by atoms with Gasteiger partial charge in [0, 0.05) is 47.4 Å². The summed E-state index contributed by atoms with van der Waals surface area (Å²) >= 11 is 0. The number of nitrogens with two attached hydrogens (primary N) is 1. The topological polar surface area (TPSA) is 116 Å². The fourth-order valence-corrected chi connectivity index (χ4v) is 4.31. The van der Waals surface area contributed by atoms with Crippen LogP contribution in [0.4, 0.5) is 5.82 Å². The molecule has 1 aliphatic carbocycles. The molecule has 0 unspecified atom stereocenters. The standard InChI is InChI=1S/C21H24N6O/c22-21-17-9-15(10-23-14-3-1-12(7-14)11-28)25-20(17)16-4-2-13(8-19(16)26-21)18-5-6-24-27-18/h2,4-6,8-9,12,14,23,25,28H,1,3,7,10-11H2,(H2,22,26)(H,24,27)/t12-,14+/m1/s1. The number of H-pyrrole nitrogens is 2. The van der Waals surface area contributed by atoms with Gasteiger partial charge in [-0.15, -0.1) is 0 Å². The van der Waals surface area contributed by atoms with E-state index < -0.39 is 0 Å². The molecule has 1 aromatic carbocycles. The van der Waals surface area contributed by atoms with E-state index in [9.17, 15) is 5.11 Å². The Hall–Kier alpha value is -2.90. The maximum atomic E-state index is 9.31. The van der Waals surface area contributed by atoms with Crippen molar-refractivity contribution in [3.8, 4) is 11.3 Å². The summed E-state index contributed by atoms with van der Waals surface area (Å²) in [6.45, 7) is 1.04. The summed E-state index contributed by atoms with van der Waals surface area (Å²) in [4.78, 5) is 8.15. The number of rotatable bonds is 5. The van der Waals surface area contributed by atoms with E-state index in [1.165, 1.54) is 0 Å². The Labute approximate surface area is 162 Å². The van der Waals surface area contributed by atoms with Crippen LogP contribution in [0.1, 0.15) is 25.0 Å². The van der Waals surface area contributed by atoms with Crippen molar-refractivity contribution in [2.45, 2.75) is 31.8 Å². The fraction of sp³-hybridized carbons (Fsp3) is 0.333. The molecule has 28 heavy (non-hydrogen) atoms. The second-order valence-corrected chi connectivity index (χ2v) is 7.71. The Morgan fingerprint density at radius 3 is 2.89 bits per heavy atom. The third-order valence-electron chi connectivity index (χ3n) is 5.83. The Balaban J connectivity index is 1.45. The number of nitrogen functional groups attached to an aromatic ring is 1. The lowest BCUT2D eigenvalue weighted by atomic mass is 10.1. The zero-order chi connectivity index (χ0) is 19.1. The molecule has 0 saturated heterocycles. The zero-order valence-electron chi connectivity index (χ0n) is 15.6. The molecule has 0 bridgehead atoms. The number of nitrogens with zero attached hydrogens (tertiary/aromatic N) is 2. The van der Waals surface area contributed by atoms with E-state index >= 15 is 0 Å². The number of aliphatic hydroxyl groups is 1. The number of nitrogens with one attached hydrogen (secondary N) is 3. The molecule has 4 aromatic rings. The number of aliphatic hydroxyl groups excluding tert-OH is 1. The van der Waals surface area contributed by atoms with Gasteiger partial charge in [0.15, 0.2) is 0 Å². The van der Waals surface area contributed by atoms with Gasteiger partial charge < -0.3 is 21.1 Å². The minimum Gasteiger partial charge on any atom is -0.396 e. The number of anilines is 1. The molecule has 1 fully saturated rings. The van der Waals surface area contributed by atoms with Crippen LogP contribution < -0.4 is 11.1 Å². The van der Waals surface area contributed by atoms with Gasteiger partial charge in [0.05, 0.1) is 16.7 Å². The quantitative estimate of drug-likeness (QED) is 0.367. The molecule has 2 atom stereocenters. The number of benzene rings is 1. The lowest BCUT2D eigenvalue weighted by molar-refractivity contribution is 0.227. The third-order valence-corrected chi connectivity index (χ3v) is 5.83. The van der Waals surface area contributed by atoms with Crippen molar-refractivity contribution in [3.05, 3.63) is 42.2 Å². The van der Waals surface area contributed by atoms with E-state index in [2.05, 4.69) is 43.7 Å². The maximum absolute atomic E-state index is 9.31. The number of hydrogen-bond donors (Lipinski definition) is 5. The summed E-state index contributed by atoms with van der Waals surface area (Å²) in [5.41, 5.74) is 11.1. The second kappa shape index (κ2) is 6.92. The summed E-state index contributed by atoms with van der Waals surface area (Å²) in [6.07, 6.45) is 5.07. The van der Waals surface area contributed by atoms with E-state index in [-0.39, 0.29) is 0 Å². The molecule has 3 aromatic heterocycles. The molecule has 1 saturated carbocycles. The van der Waals surface area contributed by atoms with Crippen molar-refractivity contribution in [1.29, 1.82) is 0 Å². The van der Waals surface area contributed by atoms with Crippen molar-refractivity contribution in [2.24, 2.45) is 5.92 Å². The molecule has 144 valence electrons. The average Bonchev–Trinajstić information content (AvgIpc) is 3.46. The molecular weight excluding hydrogens is 352 g/mol. The van der Waals surface area contributed by atoms with Crippen LogP contribution in [0.2, 0.25) is 0 Å². The SMILES string of the molecule is Nc1nc2cc(-c3cc[nH]n3)ccc2c2[nH]c(CN[C@H]3CC[C@@H](CO)C3)cc12. The smallest absolute Gasteiger partial charge is 0.133 e. The summed E-state index contributed by atoms with van der Waals surface area (Å²) in [6, 6.07) is 10.6. The Morgan fingerprint density at radius 2 is 2.11 bits per heavy atom. The van der Waals surface area contributed by atoms with Crippen molar-refractivity contribution >= 4 is 27.6 Å². The summed E-state index contributed by atoms with van der Waals surface area (Å²) < 4.78 is 0. The molecule has 5 rings (SSSR count). The second-order valence-electron chi connectivity index (χ2n) is 7.71. The van der Waals surface area contributed by atoms with Gasteiger partial charge in [0.25, 0.3) is 0 Å². The van der Waals surface area contributed by atoms with E-state index in [0.29, 0.717) is 24.4 Å². The molecule has 7 heteroatoms. The normalized spacial score (nSPS) is 19.8. The molecule has 0 spiro atoms. The van der Waals surface area contributed by atoms with E-state index in [0.717, 1.165) is 64.6 Å². The van der Waals surface area contributed by atoms with Gasteiger partial charge in [0.2, 0.25) is 0 Å². The van der Waals surface area contributed by atoms with Crippen molar-refractivity contribution in [3.63, 3.8) is 0 Å². The lowest BCUT2D eigenvalue weighted by Crippen LogP contribution is -2.26. The first kappa shape index (κ1) is 17.2. The van der Waals surface area contributed by atoms with Crippen molar-refractivity contribution in [2.75, 3.05) is 12.3 Å². The summed E-state index contributed by atoms with van der Waals surface area (Å²) in [7, 11) is 0. The van der Waals surface area contributed by atoms with Crippen LogP contribution in [0.25, 0.3) is 33.1 Å². The number of fused-ring (bicyclic) bond motifs is 3. The van der Waals surface area contributed by atoms with Crippen LogP contribution in [0.5, 0.6) is 0 Å². The average molecular weight is 376 g/mol.